The van der Waals surface area contributed by atoms with Crippen LogP contribution in [0.4, 0.5) is 4.39 Å². The number of hydrogen-bond donors (Lipinski definition) is 0. The summed E-state index contributed by atoms with van der Waals surface area (Å²) in [6, 6.07) is 12.9. The summed E-state index contributed by atoms with van der Waals surface area (Å²) in [5, 5.41) is 8.78. The summed E-state index contributed by atoms with van der Waals surface area (Å²) in [6.45, 7) is 0. The lowest BCUT2D eigenvalue weighted by atomic mass is 10.1. The molecule has 102 valence electrons. The van der Waals surface area contributed by atoms with Gasteiger partial charge in [-0.15, -0.1) is 0 Å². The van der Waals surface area contributed by atoms with Crippen LogP contribution < -0.4 is 4.74 Å². The standard InChI is InChI=1S/C15H12FNO2S/c1-19-13-3-2-4-14(8-13)20(18)10-11-5-6-15(16)12(7-11)9-17/h2-8H,10H2,1H3. The summed E-state index contributed by atoms with van der Waals surface area (Å²) in [4.78, 5) is 0.632. The Kier molecular flexibility index (Phi) is 4.49. The van der Waals surface area contributed by atoms with Gasteiger partial charge in [0.25, 0.3) is 0 Å². The first-order chi connectivity index (χ1) is 9.63. The third-order valence-electron chi connectivity index (χ3n) is 2.75. The van der Waals surface area contributed by atoms with E-state index in [-0.39, 0.29) is 11.3 Å². The van der Waals surface area contributed by atoms with Gasteiger partial charge in [0.2, 0.25) is 0 Å². The normalized spacial score (nSPS) is 11.7. The van der Waals surface area contributed by atoms with Gasteiger partial charge in [-0.3, -0.25) is 4.21 Å². The molecule has 3 nitrogen and oxygen atoms in total. The lowest BCUT2D eigenvalue weighted by molar-refractivity contribution is 0.413. The fourth-order valence-corrected chi connectivity index (χ4v) is 2.85. The van der Waals surface area contributed by atoms with Crippen molar-refractivity contribution < 1.29 is 13.3 Å². The minimum absolute atomic E-state index is 0.0369. The molecule has 2 aromatic carbocycles. The van der Waals surface area contributed by atoms with Gasteiger partial charge >= 0.3 is 0 Å². The van der Waals surface area contributed by atoms with E-state index in [1.807, 2.05) is 0 Å². The number of nitrogens with zero attached hydrogens (tertiary/aromatic N) is 1. The highest BCUT2D eigenvalue weighted by Crippen LogP contribution is 2.19. The van der Waals surface area contributed by atoms with Crippen molar-refractivity contribution in [1.82, 2.24) is 0 Å². The van der Waals surface area contributed by atoms with Gasteiger partial charge in [-0.1, -0.05) is 12.1 Å². The number of hydrogen-bond acceptors (Lipinski definition) is 3. The third kappa shape index (κ3) is 3.22. The van der Waals surface area contributed by atoms with E-state index >= 15 is 0 Å². The molecule has 0 N–H and O–H groups in total. The fraction of sp³-hybridized carbons (Fsp3) is 0.133. The average molecular weight is 289 g/mol. The first kappa shape index (κ1) is 14.2. The molecule has 0 aliphatic rings. The van der Waals surface area contributed by atoms with Crippen LogP contribution in [-0.2, 0) is 16.6 Å². The van der Waals surface area contributed by atoms with Crippen LogP contribution in [0.1, 0.15) is 11.1 Å². The Labute approximate surface area is 119 Å². The van der Waals surface area contributed by atoms with Crippen molar-refractivity contribution in [2.24, 2.45) is 0 Å². The number of methoxy groups -OCH3 is 1. The molecule has 20 heavy (non-hydrogen) atoms. The molecule has 2 aromatic rings. The van der Waals surface area contributed by atoms with Crippen LogP contribution in [0.25, 0.3) is 0 Å². The Morgan fingerprint density at radius 1 is 1.30 bits per heavy atom. The Hall–Kier alpha value is -2.19. The molecule has 5 heteroatoms. The molecule has 0 heterocycles. The average Bonchev–Trinajstić information content (AvgIpc) is 2.49. The zero-order valence-electron chi connectivity index (χ0n) is 10.8. The van der Waals surface area contributed by atoms with Crippen molar-refractivity contribution in [1.29, 1.82) is 5.26 Å². The summed E-state index contributed by atoms with van der Waals surface area (Å²) in [5.74, 6) is 0.290. The maximum absolute atomic E-state index is 13.2. The van der Waals surface area contributed by atoms with Crippen LogP contribution in [0.15, 0.2) is 47.4 Å². The molecule has 0 spiro atoms. The van der Waals surface area contributed by atoms with E-state index in [0.717, 1.165) is 0 Å². The number of nitriles is 1. The summed E-state index contributed by atoms with van der Waals surface area (Å²) < 4.78 is 30.5. The molecule has 0 aromatic heterocycles. The number of benzene rings is 2. The second-order valence-corrected chi connectivity index (χ2v) is 5.55. The molecule has 0 radical (unpaired) electrons. The zero-order valence-corrected chi connectivity index (χ0v) is 11.6. The summed E-state index contributed by atoms with van der Waals surface area (Å²) >= 11 is 0. The smallest absolute Gasteiger partial charge is 0.140 e. The van der Waals surface area contributed by atoms with Gasteiger partial charge in [0.15, 0.2) is 0 Å². The van der Waals surface area contributed by atoms with Crippen molar-refractivity contribution >= 4 is 10.8 Å². The predicted octanol–water partition coefficient (Wildman–Crippen LogP) is 3.01. The summed E-state index contributed by atoms with van der Waals surface area (Å²) in [6.07, 6.45) is 0. The van der Waals surface area contributed by atoms with Gasteiger partial charge in [-0.2, -0.15) is 5.26 Å². The second-order valence-electron chi connectivity index (χ2n) is 4.09. The van der Waals surface area contributed by atoms with Gasteiger partial charge in [0.1, 0.15) is 17.6 Å². The van der Waals surface area contributed by atoms with E-state index in [2.05, 4.69) is 0 Å². The van der Waals surface area contributed by atoms with Gasteiger partial charge in [0, 0.05) is 4.90 Å². The topological polar surface area (TPSA) is 50.1 Å². The number of ether oxygens (including phenoxy) is 1. The van der Waals surface area contributed by atoms with E-state index in [9.17, 15) is 8.60 Å². The summed E-state index contributed by atoms with van der Waals surface area (Å²) in [5.41, 5.74) is 0.620. The van der Waals surface area contributed by atoms with Gasteiger partial charge in [-0.25, -0.2) is 4.39 Å². The Balaban J connectivity index is 2.21. The highest BCUT2D eigenvalue weighted by Gasteiger charge is 2.09. The third-order valence-corrected chi connectivity index (χ3v) is 4.13. The molecule has 1 atom stereocenters. The van der Waals surface area contributed by atoms with E-state index in [4.69, 9.17) is 10.00 Å². The van der Waals surface area contributed by atoms with Crippen molar-refractivity contribution in [2.75, 3.05) is 7.11 Å². The first-order valence-corrected chi connectivity index (χ1v) is 7.17. The Morgan fingerprint density at radius 2 is 2.10 bits per heavy atom. The zero-order chi connectivity index (χ0) is 14.5. The second kappa shape index (κ2) is 6.31. The van der Waals surface area contributed by atoms with Crippen LogP contribution in [0.5, 0.6) is 5.75 Å². The monoisotopic (exact) mass is 289 g/mol. The van der Waals surface area contributed by atoms with E-state index in [1.165, 1.54) is 18.2 Å². The van der Waals surface area contributed by atoms with Crippen molar-refractivity contribution in [2.45, 2.75) is 10.6 Å². The first-order valence-electron chi connectivity index (χ1n) is 5.85. The molecule has 0 bridgehead atoms. The van der Waals surface area contributed by atoms with E-state index < -0.39 is 16.6 Å². The van der Waals surface area contributed by atoms with Gasteiger partial charge in [0.05, 0.1) is 29.2 Å². The maximum Gasteiger partial charge on any atom is 0.140 e. The van der Waals surface area contributed by atoms with Crippen molar-refractivity contribution in [3.05, 3.63) is 59.4 Å². The van der Waals surface area contributed by atoms with Crippen molar-refractivity contribution in [3.8, 4) is 11.8 Å². The summed E-state index contributed by atoms with van der Waals surface area (Å²) in [7, 11) is 0.268. The number of rotatable bonds is 4. The number of halogens is 1. The largest absolute Gasteiger partial charge is 0.497 e. The van der Waals surface area contributed by atoms with Crippen LogP contribution in [0, 0.1) is 17.1 Å². The molecule has 0 saturated carbocycles. The Bertz CT molecular complexity index is 695. The van der Waals surface area contributed by atoms with Crippen molar-refractivity contribution in [3.63, 3.8) is 0 Å². The van der Waals surface area contributed by atoms with Crippen LogP contribution >= 0.6 is 0 Å². The van der Waals surface area contributed by atoms with Crippen LogP contribution in [-0.4, -0.2) is 11.3 Å². The minimum Gasteiger partial charge on any atom is -0.497 e. The lowest BCUT2D eigenvalue weighted by Gasteiger charge is -2.05. The molecule has 0 aliphatic carbocycles. The molecule has 1 unspecified atom stereocenters. The lowest BCUT2D eigenvalue weighted by Crippen LogP contribution is -1.98. The van der Waals surface area contributed by atoms with Crippen LogP contribution in [0.2, 0.25) is 0 Å². The maximum atomic E-state index is 13.2. The van der Waals surface area contributed by atoms with E-state index in [0.29, 0.717) is 16.2 Å². The SMILES string of the molecule is COc1cccc(S(=O)Cc2ccc(F)c(C#N)c2)c1. The molecule has 2 rings (SSSR count). The van der Waals surface area contributed by atoms with Crippen LogP contribution in [0.3, 0.4) is 0 Å². The molecule has 0 fully saturated rings. The highest BCUT2D eigenvalue weighted by atomic mass is 32.2. The minimum atomic E-state index is -1.27. The Morgan fingerprint density at radius 3 is 2.80 bits per heavy atom. The van der Waals surface area contributed by atoms with Gasteiger partial charge in [-0.05, 0) is 35.9 Å². The highest BCUT2D eigenvalue weighted by molar-refractivity contribution is 7.84. The molecule has 0 amide bonds. The molecule has 0 saturated heterocycles. The molecule has 0 aliphatic heterocycles. The van der Waals surface area contributed by atoms with E-state index in [1.54, 1.807) is 37.4 Å². The fourth-order valence-electron chi connectivity index (χ4n) is 1.73. The molecular formula is C15H12FNO2S. The quantitative estimate of drug-likeness (QED) is 0.869. The molecular weight excluding hydrogens is 277 g/mol. The predicted molar refractivity (Wildman–Crippen MR) is 74.2 cm³/mol. The van der Waals surface area contributed by atoms with Gasteiger partial charge < -0.3 is 4.74 Å².